The topological polar surface area (TPSA) is 30.5 Å². The van der Waals surface area contributed by atoms with E-state index in [1.165, 1.54) is 12.8 Å². The third kappa shape index (κ3) is 5.16. The molecule has 5 heteroatoms. The van der Waals surface area contributed by atoms with Gasteiger partial charge in [-0.1, -0.05) is 0 Å². The van der Waals surface area contributed by atoms with Crippen molar-refractivity contribution in [3.05, 3.63) is 21.1 Å². The van der Waals surface area contributed by atoms with Gasteiger partial charge < -0.3 is 14.8 Å². The molecule has 0 aliphatic carbocycles. The molecular formula is C13H19Br2NO2. The molecule has 0 fully saturated rings. The van der Waals surface area contributed by atoms with Crippen molar-refractivity contribution in [3.63, 3.8) is 0 Å². The lowest BCUT2D eigenvalue weighted by Crippen LogP contribution is -2.08. The van der Waals surface area contributed by atoms with Gasteiger partial charge in [0.25, 0.3) is 0 Å². The molecule has 0 heterocycles. The number of unbranched alkanes of at least 4 members (excludes halogenated alkanes) is 2. The number of hydrogen-bond donors (Lipinski definition) is 1. The molecule has 0 spiro atoms. The highest BCUT2D eigenvalue weighted by Crippen LogP contribution is 2.36. The minimum Gasteiger partial charge on any atom is -0.496 e. The normalized spacial score (nSPS) is 10.4. The van der Waals surface area contributed by atoms with Gasteiger partial charge in [0.05, 0.1) is 22.7 Å². The van der Waals surface area contributed by atoms with E-state index in [1.54, 1.807) is 7.11 Å². The third-order valence-electron chi connectivity index (χ3n) is 2.54. The lowest BCUT2D eigenvalue weighted by atomic mass is 10.2. The molecule has 0 aliphatic heterocycles. The van der Waals surface area contributed by atoms with E-state index in [1.807, 2.05) is 19.2 Å². The number of hydrogen-bond acceptors (Lipinski definition) is 3. The molecule has 0 aromatic heterocycles. The summed E-state index contributed by atoms with van der Waals surface area (Å²) < 4.78 is 12.8. The Kier molecular flexibility index (Phi) is 7.70. The lowest BCUT2D eigenvalue weighted by molar-refractivity contribution is 0.302. The van der Waals surface area contributed by atoms with Gasteiger partial charge in [0.15, 0.2) is 0 Å². The second-order valence-corrected chi connectivity index (χ2v) is 5.64. The Morgan fingerprint density at radius 3 is 2.39 bits per heavy atom. The lowest BCUT2D eigenvalue weighted by Gasteiger charge is -2.11. The molecule has 0 aliphatic rings. The summed E-state index contributed by atoms with van der Waals surface area (Å²) in [5.74, 6) is 1.64. The van der Waals surface area contributed by atoms with Crippen LogP contribution in [0, 0.1) is 0 Å². The molecule has 1 aromatic rings. The summed E-state index contributed by atoms with van der Waals surface area (Å²) in [5, 5.41) is 3.14. The van der Waals surface area contributed by atoms with Crippen molar-refractivity contribution in [1.82, 2.24) is 5.32 Å². The van der Waals surface area contributed by atoms with E-state index in [-0.39, 0.29) is 0 Å². The molecule has 0 atom stereocenters. The Morgan fingerprint density at radius 1 is 1.06 bits per heavy atom. The highest BCUT2D eigenvalue weighted by molar-refractivity contribution is 9.11. The number of ether oxygens (including phenoxy) is 2. The average Bonchev–Trinajstić information content (AvgIpc) is 2.37. The van der Waals surface area contributed by atoms with Crippen LogP contribution in [0.5, 0.6) is 11.5 Å². The van der Waals surface area contributed by atoms with Crippen molar-refractivity contribution in [2.24, 2.45) is 0 Å². The molecule has 1 rings (SSSR count). The number of nitrogens with one attached hydrogen (secondary N) is 1. The van der Waals surface area contributed by atoms with Gasteiger partial charge in [-0.05, 0) is 76.8 Å². The van der Waals surface area contributed by atoms with Crippen LogP contribution in [0.1, 0.15) is 19.3 Å². The highest BCUT2D eigenvalue weighted by Gasteiger charge is 2.07. The summed E-state index contributed by atoms with van der Waals surface area (Å²) in [5.41, 5.74) is 0. The van der Waals surface area contributed by atoms with Crippen LogP contribution in [-0.2, 0) is 0 Å². The first-order valence-corrected chi connectivity index (χ1v) is 7.58. The van der Waals surface area contributed by atoms with Crippen molar-refractivity contribution in [2.75, 3.05) is 27.3 Å². The molecule has 1 N–H and O–H groups in total. The molecule has 0 saturated carbocycles. The Balaban J connectivity index is 2.40. The summed E-state index contributed by atoms with van der Waals surface area (Å²) in [6, 6.07) is 3.83. The zero-order valence-corrected chi connectivity index (χ0v) is 13.9. The molecule has 18 heavy (non-hydrogen) atoms. The fourth-order valence-corrected chi connectivity index (χ4v) is 2.46. The van der Waals surface area contributed by atoms with Crippen molar-refractivity contribution in [2.45, 2.75) is 19.3 Å². The predicted molar refractivity (Wildman–Crippen MR) is 81.7 cm³/mol. The second-order valence-electron chi connectivity index (χ2n) is 3.93. The van der Waals surface area contributed by atoms with Gasteiger partial charge in [-0.25, -0.2) is 0 Å². The van der Waals surface area contributed by atoms with Gasteiger partial charge in [0, 0.05) is 0 Å². The average molecular weight is 381 g/mol. The molecule has 0 unspecified atom stereocenters. The van der Waals surface area contributed by atoms with Crippen LogP contribution in [0.3, 0.4) is 0 Å². The van der Waals surface area contributed by atoms with Gasteiger partial charge in [0.1, 0.15) is 11.5 Å². The summed E-state index contributed by atoms with van der Waals surface area (Å²) in [6.45, 7) is 1.80. The smallest absolute Gasteiger partial charge is 0.134 e. The number of rotatable bonds is 8. The van der Waals surface area contributed by atoms with Crippen LogP contribution < -0.4 is 14.8 Å². The van der Waals surface area contributed by atoms with Crippen molar-refractivity contribution < 1.29 is 9.47 Å². The van der Waals surface area contributed by atoms with Crippen LogP contribution in [0.4, 0.5) is 0 Å². The van der Waals surface area contributed by atoms with E-state index in [4.69, 9.17) is 9.47 Å². The Labute approximate surface area is 125 Å². The minimum absolute atomic E-state index is 0.737. The van der Waals surface area contributed by atoms with Gasteiger partial charge in [0.2, 0.25) is 0 Å². The van der Waals surface area contributed by atoms with E-state index < -0.39 is 0 Å². The van der Waals surface area contributed by atoms with Gasteiger partial charge >= 0.3 is 0 Å². The van der Waals surface area contributed by atoms with Crippen LogP contribution in [-0.4, -0.2) is 27.3 Å². The molecule has 0 amide bonds. The Hall–Kier alpha value is -0.260. The summed E-state index contributed by atoms with van der Waals surface area (Å²) in [4.78, 5) is 0. The highest BCUT2D eigenvalue weighted by atomic mass is 79.9. The third-order valence-corrected chi connectivity index (χ3v) is 3.77. The number of benzene rings is 1. The second kappa shape index (κ2) is 8.77. The number of halogens is 2. The van der Waals surface area contributed by atoms with E-state index >= 15 is 0 Å². The van der Waals surface area contributed by atoms with E-state index in [2.05, 4.69) is 37.2 Å². The first-order chi connectivity index (χ1) is 8.69. The summed E-state index contributed by atoms with van der Waals surface area (Å²) in [6.07, 6.45) is 3.43. The standard InChI is InChI=1S/C13H19Br2NO2/c1-16-6-4-3-5-7-18-13-9-10(14)12(17-2)8-11(13)15/h8-9,16H,3-7H2,1-2H3. The zero-order valence-electron chi connectivity index (χ0n) is 10.8. The summed E-state index contributed by atoms with van der Waals surface area (Å²) in [7, 11) is 3.62. The van der Waals surface area contributed by atoms with Crippen LogP contribution in [0.25, 0.3) is 0 Å². The zero-order chi connectivity index (χ0) is 13.4. The van der Waals surface area contributed by atoms with Gasteiger partial charge in [-0.2, -0.15) is 0 Å². The molecule has 3 nitrogen and oxygen atoms in total. The maximum Gasteiger partial charge on any atom is 0.134 e. The monoisotopic (exact) mass is 379 g/mol. The van der Waals surface area contributed by atoms with Crippen LogP contribution >= 0.6 is 31.9 Å². The molecule has 102 valence electrons. The SMILES string of the molecule is CNCCCCCOc1cc(Br)c(OC)cc1Br. The Bertz CT molecular complexity index is 372. The molecule has 0 radical (unpaired) electrons. The molecule has 0 saturated heterocycles. The maximum atomic E-state index is 5.74. The quantitative estimate of drug-likeness (QED) is 0.691. The fraction of sp³-hybridized carbons (Fsp3) is 0.538. The molecule has 0 bridgehead atoms. The predicted octanol–water partition coefficient (Wildman–Crippen LogP) is 3.99. The van der Waals surface area contributed by atoms with Crippen LogP contribution in [0.2, 0.25) is 0 Å². The van der Waals surface area contributed by atoms with Crippen molar-refractivity contribution in [3.8, 4) is 11.5 Å². The van der Waals surface area contributed by atoms with Crippen LogP contribution in [0.15, 0.2) is 21.1 Å². The molecular weight excluding hydrogens is 362 g/mol. The Morgan fingerprint density at radius 2 is 1.72 bits per heavy atom. The van der Waals surface area contributed by atoms with E-state index in [0.717, 1.165) is 40.0 Å². The number of methoxy groups -OCH3 is 1. The fourth-order valence-electron chi connectivity index (χ4n) is 1.54. The first-order valence-electron chi connectivity index (χ1n) is 5.99. The maximum absolute atomic E-state index is 5.74. The first kappa shape index (κ1) is 15.8. The van der Waals surface area contributed by atoms with Crippen molar-refractivity contribution in [1.29, 1.82) is 0 Å². The molecule has 1 aromatic carbocycles. The largest absolute Gasteiger partial charge is 0.496 e. The van der Waals surface area contributed by atoms with Gasteiger partial charge in [-0.3, -0.25) is 0 Å². The van der Waals surface area contributed by atoms with E-state index in [9.17, 15) is 0 Å². The van der Waals surface area contributed by atoms with Crippen molar-refractivity contribution >= 4 is 31.9 Å². The summed E-state index contributed by atoms with van der Waals surface area (Å²) >= 11 is 6.93. The van der Waals surface area contributed by atoms with Gasteiger partial charge in [-0.15, -0.1) is 0 Å². The minimum atomic E-state index is 0.737. The van der Waals surface area contributed by atoms with E-state index in [0.29, 0.717) is 0 Å².